The molecule has 0 radical (unpaired) electrons. The zero-order valence-electron chi connectivity index (χ0n) is 11.6. The fourth-order valence-electron chi connectivity index (χ4n) is 2.39. The van der Waals surface area contributed by atoms with Crippen molar-refractivity contribution in [2.24, 2.45) is 0 Å². The summed E-state index contributed by atoms with van der Waals surface area (Å²) >= 11 is 0. The molecule has 1 heterocycles. The molecule has 1 aromatic carbocycles. The Hall–Kier alpha value is -2.19. The predicted molar refractivity (Wildman–Crippen MR) is 74.4 cm³/mol. The van der Waals surface area contributed by atoms with E-state index in [-0.39, 0.29) is 11.4 Å². The van der Waals surface area contributed by atoms with Gasteiger partial charge in [0.2, 0.25) is 0 Å². The quantitative estimate of drug-likeness (QED) is 0.600. The highest BCUT2D eigenvalue weighted by molar-refractivity contribution is 5.74. The smallest absolute Gasteiger partial charge is 0.322 e. The number of carboxylic acids is 1. The zero-order valence-corrected chi connectivity index (χ0v) is 11.6. The molecule has 1 aliphatic rings. The summed E-state index contributed by atoms with van der Waals surface area (Å²) in [6, 6.07) is 4.05. The first-order chi connectivity index (χ1) is 10.0. The van der Waals surface area contributed by atoms with Gasteiger partial charge in [0.1, 0.15) is 6.04 Å². The Bertz CT molecular complexity index is 549. The largest absolute Gasteiger partial charge is 0.490 e. The van der Waals surface area contributed by atoms with E-state index in [1.807, 2.05) is 0 Å². The number of carboxylic acid groups (broad SMARTS) is 1. The van der Waals surface area contributed by atoms with Gasteiger partial charge in [0.15, 0.2) is 5.75 Å². The van der Waals surface area contributed by atoms with E-state index in [1.165, 1.54) is 19.2 Å². The van der Waals surface area contributed by atoms with Gasteiger partial charge in [-0.3, -0.25) is 19.8 Å². The van der Waals surface area contributed by atoms with E-state index in [9.17, 15) is 20.0 Å². The predicted octanol–water partition coefficient (Wildman–Crippen LogP) is 0.462. The first kappa shape index (κ1) is 15.2. The number of nitro benzene ring substituents is 1. The molecule has 1 fully saturated rings. The van der Waals surface area contributed by atoms with E-state index in [0.29, 0.717) is 31.7 Å². The average molecular weight is 295 g/mol. The van der Waals surface area contributed by atoms with Crippen LogP contribution in [0.15, 0.2) is 18.2 Å². The lowest BCUT2D eigenvalue weighted by Crippen LogP contribution is -2.54. The van der Waals surface area contributed by atoms with Crippen molar-refractivity contribution >= 4 is 11.7 Å². The van der Waals surface area contributed by atoms with Gasteiger partial charge in [0, 0.05) is 32.2 Å². The lowest BCUT2D eigenvalue weighted by molar-refractivity contribution is -0.385. The minimum absolute atomic E-state index is 0.114. The molecule has 2 rings (SSSR count). The number of piperazine rings is 1. The molecule has 8 heteroatoms. The van der Waals surface area contributed by atoms with Crippen molar-refractivity contribution in [3.8, 4) is 5.75 Å². The molecule has 1 atom stereocenters. The topological polar surface area (TPSA) is 105 Å². The third-order valence-electron chi connectivity index (χ3n) is 3.46. The van der Waals surface area contributed by atoms with E-state index < -0.39 is 16.9 Å². The van der Waals surface area contributed by atoms with Gasteiger partial charge in [-0.1, -0.05) is 6.07 Å². The van der Waals surface area contributed by atoms with Crippen LogP contribution in [0, 0.1) is 10.1 Å². The number of nitro groups is 1. The van der Waals surface area contributed by atoms with Crippen LogP contribution in [0.25, 0.3) is 0 Å². The van der Waals surface area contributed by atoms with Crippen molar-refractivity contribution in [1.82, 2.24) is 10.2 Å². The Morgan fingerprint density at radius 1 is 1.62 bits per heavy atom. The Morgan fingerprint density at radius 2 is 2.38 bits per heavy atom. The number of benzene rings is 1. The number of hydrogen-bond acceptors (Lipinski definition) is 6. The Morgan fingerprint density at radius 3 is 3.00 bits per heavy atom. The van der Waals surface area contributed by atoms with Crippen LogP contribution >= 0.6 is 0 Å². The average Bonchev–Trinajstić information content (AvgIpc) is 2.47. The third-order valence-corrected chi connectivity index (χ3v) is 3.46. The molecule has 114 valence electrons. The van der Waals surface area contributed by atoms with Crippen LogP contribution < -0.4 is 10.1 Å². The highest BCUT2D eigenvalue weighted by Gasteiger charge is 2.28. The Kier molecular flexibility index (Phi) is 4.71. The summed E-state index contributed by atoms with van der Waals surface area (Å²) in [5.41, 5.74) is 0.577. The summed E-state index contributed by atoms with van der Waals surface area (Å²) in [6.45, 7) is 2.00. The van der Waals surface area contributed by atoms with Gasteiger partial charge >= 0.3 is 11.7 Å². The Balaban J connectivity index is 2.20. The molecule has 0 bridgehead atoms. The molecule has 2 N–H and O–H groups in total. The third kappa shape index (κ3) is 3.47. The lowest BCUT2D eigenvalue weighted by atomic mass is 10.1. The first-order valence-corrected chi connectivity index (χ1v) is 6.52. The van der Waals surface area contributed by atoms with Crippen molar-refractivity contribution in [3.05, 3.63) is 33.9 Å². The molecule has 0 saturated carbocycles. The standard InChI is InChI=1S/C13H17N3O5/c1-21-12-3-2-9(6-10(12)16(19)20)8-15-5-4-14-7-11(15)13(17)18/h2-3,6,11,14H,4-5,7-8H2,1H3,(H,17,18). The normalized spacial score (nSPS) is 19.2. The minimum Gasteiger partial charge on any atom is -0.490 e. The summed E-state index contributed by atoms with van der Waals surface area (Å²) in [6.07, 6.45) is 0. The molecule has 8 nitrogen and oxygen atoms in total. The first-order valence-electron chi connectivity index (χ1n) is 6.52. The van der Waals surface area contributed by atoms with Gasteiger partial charge in [0.05, 0.1) is 12.0 Å². The van der Waals surface area contributed by atoms with Crippen LogP contribution in [0.4, 0.5) is 5.69 Å². The van der Waals surface area contributed by atoms with Crippen molar-refractivity contribution in [2.45, 2.75) is 12.6 Å². The molecule has 0 aliphatic carbocycles. The number of aliphatic carboxylic acids is 1. The van der Waals surface area contributed by atoms with Crippen molar-refractivity contribution in [2.75, 3.05) is 26.7 Å². The summed E-state index contributed by atoms with van der Waals surface area (Å²) in [5, 5.41) is 23.2. The van der Waals surface area contributed by atoms with E-state index in [1.54, 1.807) is 11.0 Å². The van der Waals surface area contributed by atoms with Gasteiger partial charge in [-0.2, -0.15) is 0 Å². The van der Waals surface area contributed by atoms with E-state index >= 15 is 0 Å². The fraction of sp³-hybridized carbons (Fsp3) is 0.462. The van der Waals surface area contributed by atoms with Gasteiger partial charge in [-0.05, 0) is 11.6 Å². The molecule has 1 aromatic rings. The van der Waals surface area contributed by atoms with Crippen LogP contribution in [0.2, 0.25) is 0 Å². The SMILES string of the molecule is COc1ccc(CN2CCNCC2C(=O)O)cc1[N+](=O)[O-]. The molecular formula is C13H17N3O5. The summed E-state index contributed by atoms with van der Waals surface area (Å²) in [4.78, 5) is 23.5. The second-order valence-electron chi connectivity index (χ2n) is 4.79. The number of nitrogens with zero attached hydrogens (tertiary/aromatic N) is 2. The fourth-order valence-corrected chi connectivity index (χ4v) is 2.39. The second kappa shape index (κ2) is 6.51. The number of nitrogens with one attached hydrogen (secondary N) is 1. The second-order valence-corrected chi connectivity index (χ2v) is 4.79. The van der Waals surface area contributed by atoms with E-state index in [4.69, 9.17) is 4.74 Å². The number of carbonyl (C=O) groups is 1. The molecule has 21 heavy (non-hydrogen) atoms. The maximum atomic E-state index is 11.2. The van der Waals surface area contributed by atoms with Gasteiger partial charge < -0.3 is 15.2 Å². The van der Waals surface area contributed by atoms with E-state index in [2.05, 4.69) is 5.32 Å². The number of hydrogen-bond donors (Lipinski definition) is 2. The van der Waals surface area contributed by atoms with Gasteiger partial charge in [0.25, 0.3) is 0 Å². The summed E-state index contributed by atoms with van der Waals surface area (Å²) in [5.74, 6) is -0.705. The maximum absolute atomic E-state index is 11.2. The van der Waals surface area contributed by atoms with Crippen molar-refractivity contribution in [3.63, 3.8) is 0 Å². The van der Waals surface area contributed by atoms with Crippen molar-refractivity contribution < 1.29 is 19.6 Å². The van der Waals surface area contributed by atoms with E-state index in [0.717, 1.165) is 0 Å². The summed E-state index contributed by atoms with van der Waals surface area (Å²) < 4.78 is 4.95. The lowest BCUT2D eigenvalue weighted by Gasteiger charge is -2.33. The number of rotatable bonds is 5. The number of ether oxygens (including phenoxy) is 1. The van der Waals surface area contributed by atoms with Gasteiger partial charge in [-0.25, -0.2) is 0 Å². The summed E-state index contributed by atoms with van der Waals surface area (Å²) in [7, 11) is 1.37. The molecule has 0 aromatic heterocycles. The van der Waals surface area contributed by atoms with Crippen molar-refractivity contribution in [1.29, 1.82) is 0 Å². The maximum Gasteiger partial charge on any atom is 0.322 e. The van der Waals surface area contributed by atoms with Crippen LogP contribution in [-0.2, 0) is 11.3 Å². The Labute approximate surface area is 121 Å². The molecular weight excluding hydrogens is 278 g/mol. The van der Waals surface area contributed by atoms with Crippen LogP contribution in [-0.4, -0.2) is 53.7 Å². The minimum atomic E-state index is -0.898. The number of methoxy groups -OCH3 is 1. The molecule has 1 unspecified atom stereocenters. The van der Waals surface area contributed by atoms with Crippen LogP contribution in [0.3, 0.4) is 0 Å². The highest BCUT2D eigenvalue weighted by atomic mass is 16.6. The highest BCUT2D eigenvalue weighted by Crippen LogP contribution is 2.28. The van der Waals surface area contributed by atoms with Crippen LogP contribution in [0.1, 0.15) is 5.56 Å². The molecule has 1 aliphatic heterocycles. The monoisotopic (exact) mass is 295 g/mol. The van der Waals surface area contributed by atoms with Crippen LogP contribution in [0.5, 0.6) is 5.75 Å². The molecule has 0 spiro atoms. The zero-order chi connectivity index (χ0) is 15.4. The molecule has 1 saturated heterocycles. The molecule has 0 amide bonds. The van der Waals surface area contributed by atoms with Gasteiger partial charge in [-0.15, -0.1) is 0 Å².